The summed E-state index contributed by atoms with van der Waals surface area (Å²) >= 11 is 0. The van der Waals surface area contributed by atoms with Crippen LogP contribution in [0.15, 0.2) is 48.5 Å². The molecule has 1 atom stereocenters. The van der Waals surface area contributed by atoms with Crippen LogP contribution in [0.25, 0.3) is 0 Å². The van der Waals surface area contributed by atoms with Crippen molar-refractivity contribution >= 4 is 27.5 Å². The van der Waals surface area contributed by atoms with Gasteiger partial charge in [0.1, 0.15) is 24.2 Å². The molecule has 0 spiro atoms. The minimum atomic E-state index is -3.91. The van der Waals surface area contributed by atoms with Gasteiger partial charge in [-0.25, -0.2) is 12.8 Å². The Hall–Kier alpha value is -3.14. The number of rotatable bonds is 11. The fraction of sp³-hybridized carbons (Fsp3) is 0.417. The standard InChI is InChI=1S/C24H32FN3O5S/c1-17(2)14-26-24(30)18(3)27(15-19-9-11-22(33-4)12-10-19)23(29)16-28(34(5,31)32)21-8-6-7-20(25)13-21/h6-13,17-18H,14-16H2,1-5H3,(H,26,30)/t18-/m1/s1. The fourth-order valence-corrected chi connectivity index (χ4v) is 4.05. The van der Waals surface area contributed by atoms with Gasteiger partial charge < -0.3 is 15.0 Å². The van der Waals surface area contributed by atoms with Gasteiger partial charge in [-0.05, 0) is 48.7 Å². The Morgan fingerprint density at radius 2 is 1.74 bits per heavy atom. The first-order valence-corrected chi connectivity index (χ1v) is 12.7. The number of halogens is 1. The molecule has 2 amide bonds. The lowest BCUT2D eigenvalue weighted by atomic mass is 10.1. The van der Waals surface area contributed by atoms with Crippen LogP contribution in [-0.2, 0) is 26.2 Å². The second-order valence-electron chi connectivity index (χ2n) is 8.43. The molecule has 34 heavy (non-hydrogen) atoms. The quantitative estimate of drug-likeness (QED) is 0.519. The summed E-state index contributed by atoms with van der Waals surface area (Å²) in [6, 6.07) is 11.1. The number of nitrogens with zero attached hydrogens (tertiary/aromatic N) is 2. The summed E-state index contributed by atoms with van der Waals surface area (Å²) in [7, 11) is -2.37. The molecular weight excluding hydrogens is 461 g/mol. The van der Waals surface area contributed by atoms with E-state index >= 15 is 0 Å². The van der Waals surface area contributed by atoms with E-state index in [0.29, 0.717) is 12.3 Å². The Morgan fingerprint density at radius 3 is 2.26 bits per heavy atom. The van der Waals surface area contributed by atoms with Gasteiger partial charge in [0.2, 0.25) is 21.8 Å². The minimum absolute atomic E-state index is 0.0251. The second-order valence-corrected chi connectivity index (χ2v) is 10.3. The van der Waals surface area contributed by atoms with E-state index in [1.807, 2.05) is 13.8 Å². The van der Waals surface area contributed by atoms with Crippen molar-refractivity contribution in [3.05, 3.63) is 59.9 Å². The Labute approximate surface area is 200 Å². The summed E-state index contributed by atoms with van der Waals surface area (Å²) in [5, 5.41) is 2.81. The minimum Gasteiger partial charge on any atom is -0.497 e. The molecule has 8 nitrogen and oxygen atoms in total. The third-order valence-electron chi connectivity index (χ3n) is 5.14. The lowest BCUT2D eigenvalue weighted by molar-refractivity contribution is -0.139. The van der Waals surface area contributed by atoms with E-state index in [4.69, 9.17) is 4.74 Å². The van der Waals surface area contributed by atoms with E-state index in [9.17, 15) is 22.4 Å². The van der Waals surface area contributed by atoms with E-state index in [-0.39, 0.29) is 24.1 Å². The summed E-state index contributed by atoms with van der Waals surface area (Å²) in [6.07, 6.45) is 0.942. The molecule has 0 aliphatic rings. The average molecular weight is 494 g/mol. The van der Waals surface area contributed by atoms with E-state index in [1.165, 1.54) is 30.2 Å². The Balaban J connectivity index is 2.36. The van der Waals surface area contributed by atoms with Gasteiger partial charge in [-0.1, -0.05) is 32.0 Å². The lowest BCUT2D eigenvalue weighted by Gasteiger charge is -2.31. The summed E-state index contributed by atoms with van der Waals surface area (Å²) < 4.78 is 44.7. The molecule has 0 saturated carbocycles. The van der Waals surface area contributed by atoms with Crippen LogP contribution in [0.3, 0.4) is 0 Å². The van der Waals surface area contributed by atoms with Gasteiger partial charge in [0.25, 0.3) is 0 Å². The second kappa shape index (κ2) is 11.8. The predicted octanol–water partition coefficient (Wildman–Crippen LogP) is 2.79. The maximum absolute atomic E-state index is 13.8. The largest absolute Gasteiger partial charge is 0.497 e. The third-order valence-corrected chi connectivity index (χ3v) is 6.28. The number of carbonyl (C=O) groups is 2. The molecule has 186 valence electrons. The molecule has 0 heterocycles. The van der Waals surface area contributed by atoms with Crippen molar-refractivity contribution in [2.24, 2.45) is 5.92 Å². The number of nitrogens with one attached hydrogen (secondary N) is 1. The summed E-state index contributed by atoms with van der Waals surface area (Å²) in [4.78, 5) is 27.5. The molecule has 0 aromatic heterocycles. The van der Waals surface area contributed by atoms with Crippen molar-refractivity contribution in [3.8, 4) is 5.75 Å². The number of amides is 2. The van der Waals surface area contributed by atoms with Gasteiger partial charge in [-0.15, -0.1) is 0 Å². The molecule has 0 bridgehead atoms. The lowest BCUT2D eigenvalue weighted by Crippen LogP contribution is -2.51. The topological polar surface area (TPSA) is 96.0 Å². The number of ether oxygens (including phenoxy) is 1. The smallest absolute Gasteiger partial charge is 0.244 e. The highest BCUT2D eigenvalue weighted by Gasteiger charge is 2.30. The normalized spacial score (nSPS) is 12.2. The number of benzene rings is 2. The molecule has 1 N–H and O–H groups in total. The molecule has 2 rings (SSSR count). The average Bonchev–Trinajstić information content (AvgIpc) is 2.78. The Bertz CT molecular complexity index is 1090. The molecule has 2 aromatic carbocycles. The molecule has 0 aliphatic carbocycles. The third kappa shape index (κ3) is 7.72. The molecule has 2 aromatic rings. The van der Waals surface area contributed by atoms with E-state index < -0.39 is 34.3 Å². The highest BCUT2D eigenvalue weighted by molar-refractivity contribution is 7.92. The van der Waals surface area contributed by atoms with Gasteiger partial charge >= 0.3 is 0 Å². The van der Waals surface area contributed by atoms with Crippen LogP contribution in [0.2, 0.25) is 0 Å². The van der Waals surface area contributed by atoms with E-state index in [2.05, 4.69) is 5.32 Å². The van der Waals surface area contributed by atoms with Crippen LogP contribution in [0.1, 0.15) is 26.3 Å². The SMILES string of the molecule is COc1ccc(CN(C(=O)CN(c2cccc(F)c2)S(C)(=O)=O)[C@H](C)C(=O)NCC(C)C)cc1. The van der Waals surface area contributed by atoms with Crippen LogP contribution in [0, 0.1) is 11.7 Å². The van der Waals surface area contributed by atoms with Gasteiger partial charge in [-0.3, -0.25) is 13.9 Å². The summed E-state index contributed by atoms with van der Waals surface area (Å²) in [5.41, 5.74) is 0.756. The van der Waals surface area contributed by atoms with Crippen molar-refractivity contribution in [2.75, 3.05) is 30.8 Å². The summed E-state index contributed by atoms with van der Waals surface area (Å²) in [5.74, 6) is -0.727. The van der Waals surface area contributed by atoms with Crippen LogP contribution < -0.4 is 14.4 Å². The number of sulfonamides is 1. The number of hydrogen-bond donors (Lipinski definition) is 1. The molecule has 0 saturated heterocycles. The number of methoxy groups -OCH3 is 1. The van der Waals surface area contributed by atoms with Gasteiger partial charge in [0, 0.05) is 13.1 Å². The van der Waals surface area contributed by atoms with Gasteiger partial charge in [-0.2, -0.15) is 0 Å². The van der Waals surface area contributed by atoms with Crippen molar-refractivity contribution in [1.82, 2.24) is 10.2 Å². The Morgan fingerprint density at radius 1 is 1.09 bits per heavy atom. The van der Waals surface area contributed by atoms with Crippen molar-refractivity contribution in [2.45, 2.75) is 33.4 Å². The van der Waals surface area contributed by atoms with Crippen LogP contribution in [0.4, 0.5) is 10.1 Å². The highest BCUT2D eigenvalue weighted by Crippen LogP contribution is 2.20. The van der Waals surface area contributed by atoms with Crippen LogP contribution in [-0.4, -0.2) is 57.6 Å². The molecular formula is C24H32FN3O5S. The molecule has 0 unspecified atom stereocenters. The van der Waals surface area contributed by atoms with Crippen LogP contribution >= 0.6 is 0 Å². The first-order valence-electron chi connectivity index (χ1n) is 10.9. The Kier molecular flexibility index (Phi) is 9.43. The van der Waals surface area contributed by atoms with E-state index in [0.717, 1.165) is 22.2 Å². The van der Waals surface area contributed by atoms with Crippen LogP contribution in [0.5, 0.6) is 5.75 Å². The highest BCUT2D eigenvalue weighted by atomic mass is 32.2. The molecule has 10 heteroatoms. The zero-order valence-electron chi connectivity index (χ0n) is 20.1. The number of carbonyl (C=O) groups excluding carboxylic acids is 2. The maximum atomic E-state index is 13.8. The van der Waals surface area contributed by atoms with Gasteiger partial charge in [0.15, 0.2) is 0 Å². The van der Waals surface area contributed by atoms with E-state index in [1.54, 1.807) is 31.2 Å². The first kappa shape index (κ1) is 27.1. The molecule has 0 fully saturated rings. The zero-order chi connectivity index (χ0) is 25.5. The van der Waals surface area contributed by atoms with Crippen molar-refractivity contribution < 1.29 is 27.1 Å². The van der Waals surface area contributed by atoms with Crippen molar-refractivity contribution in [1.29, 1.82) is 0 Å². The summed E-state index contributed by atoms with van der Waals surface area (Å²) in [6.45, 7) is 5.42. The molecule has 0 aliphatic heterocycles. The molecule has 0 radical (unpaired) electrons. The fourth-order valence-electron chi connectivity index (χ4n) is 3.21. The number of anilines is 1. The maximum Gasteiger partial charge on any atom is 0.244 e. The monoisotopic (exact) mass is 493 g/mol. The first-order chi connectivity index (χ1) is 15.9. The zero-order valence-corrected chi connectivity index (χ0v) is 20.9. The van der Waals surface area contributed by atoms with Crippen molar-refractivity contribution in [3.63, 3.8) is 0 Å². The number of hydrogen-bond acceptors (Lipinski definition) is 5. The predicted molar refractivity (Wildman–Crippen MR) is 129 cm³/mol. The van der Waals surface area contributed by atoms with Gasteiger partial charge in [0.05, 0.1) is 19.1 Å².